The van der Waals surface area contributed by atoms with Crippen LogP contribution in [0.15, 0.2) is 35.9 Å². The normalized spacial score (nSPS) is 12.0. The Morgan fingerprint density at radius 2 is 1.91 bits per heavy atom. The van der Waals surface area contributed by atoms with Crippen LogP contribution in [0.1, 0.15) is 25.8 Å². The van der Waals surface area contributed by atoms with Gasteiger partial charge in [0.25, 0.3) is 0 Å². The summed E-state index contributed by atoms with van der Waals surface area (Å²) in [5.41, 5.74) is 1.94. The maximum atomic E-state index is 11.8. The molecule has 0 heterocycles. The number of ether oxygens (including phenoxy) is 2. The number of methoxy groups -OCH3 is 2. The molecule has 22 heavy (non-hydrogen) atoms. The van der Waals surface area contributed by atoms with Crippen LogP contribution in [0, 0.1) is 0 Å². The predicted molar refractivity (Wildman–Crippen MR) is 87.1 cm³/mol. The molecule has 0 saturated heterocycles. The Morgan fingerprint density at radius 1 is 1.18 bits per heavy atom. The SMILES string of the molecule is CC/C(=C(/C)C(=O)OC)c1ccc2cc(OC)ccc2c1O. The highest BCUT2D eigenvalue weighted by Gasteiger charge is 2.16. The van der Waals surface area contributed by atoms with Crippen LogP contribution >= 0.6 is 0 Å². The smallest absolute Gasteiger partial charge is 0.333 e. The molecule has 2 rings (SSSR count). The Kier molecular flexibility index (Phi) is 4.71. The second-order valence-electron chi connectivity index (χ2n) is 5.00. The molecule has 0 saturated carbocycles. The van der Waals surface area contributed by atoms with Gasteiger partial charge in [0.2, 0.25) is 0 Å². The van der Waals surface area contributed by atoms with Gasteiger partial charge in [-0.2, -0.15) is 0 Å². The number of carbonyl (C=O) groups excluding carboxylic acids is 1. The zero-order chi connectivity index (χ0) is 16.3. The number of phenolic OH excluding ortho intramolecular Hbond substituents is 1. The summed E-state index contributed by atoms with van der Waals surface area (Å²) in [7, 11) is 2.96. The molecule has 4 heteroatoms. The fourth-order valence-corrected chi connectivity index (χ4v) is 2.60. The fourth-order valence-electron chi connectivity index (χ4n) is 2.60. The summed E-state index contributed by atoms with van der Waals surface area (Å²) in [6, 6.07) is 9.21. The van der Waals surface area contributed by atoms with E-state index < -0.39 is 0 Å². The summed E-state index contributed by atoms with van der Waals surface area (Å²) < 4.78 is 9.97. The van der Waals surface area contributed by atoms with Crippen LogP contribution in [0.4, 0.5) is 0 Å². The topological polar surface area (TPSA) is 55.8 Å². The van der Waals surface area contributed by atoms with Crippen LogP contribution in [0.2, 0.25) is 0 Å². The largest absolute Gasteiger partial charge is 0.507 e. The summed E-state index contributed by atoms with van der Waals surface area (Å²) in [5.74, 6) is 0.517. The van der Waals surface area contributed by atoms with Crippen LogP contribution in [0.25, 0.3) is 16.3 Å². The lowest BCUT2D eigenvalue weighted by Crippen LogP contribution is -2.04. The lowest BCUT2D eigenvalue weighted by atomic mass is 9.94. The van der Waals surface area contributed by atoms with Crippen LogP contribution in [0.5, 0.6) is 11.5 Å². The zero-order valence-electron chi connectivity index (χ0n) is 13.3. The minimum absolute atomic E-state index is 0.167. The van der Waals surface area contributed by atoms with E-state index in [-0.39, 0.29) is 11.7 Å². The zero-order valence-corrected chi connectivity index (χ0v) is 13.3. The highest BCUT2D eigenvalue weighted by atomic mass is 16.5. The van der Waals surface area contributed by atoms with Crippen molar-refractivity contribution in [2.45, 2.75) is 20.3 Å². The third-order valence-corrected chi connectivity index (χ3v) is 3.82. The predicted octanol–water partition coefficient (Wildman–Crippen LogP) is 3.91. The van der Waals surface area contributed by atoms with E-state index in [0.29, 0.717) is 17.6 Å². The molecule has 0 atom stereocenters. The summed E-state index contributed by atoms with van der Waals surface area (Å²) >= 11 is 0. The molecule has 0 fully saturated rings. The van der Waals surface area contributed by atoms with Crippen molar-refractivity contribution in [3.63, 3.8) is 0 Å². The third-order valence-electron chi connectivity index (χ3n) is 3.82. The second-order valence-corrected chi connectivity index (χ2v) is 5.00. The summed E-state index contributed by atoms with van der Waals surface area (Å²) in [5, 5.41) is 12.2. The van der Waals surface area contributed by atoms with Gasteiger partial charge in [0.05, 0.1) is 14.2 Å². The molecule has 0 radical (unpaired) electrons. The van der Waals surface area contributed by atoms with Crippen molar-refractivity contribution in [3.05, 3.63) is 41.5 Å². The first-order valence-electron chi connectivity index (χ1n) is 7.11. The van der Waals surface area contributed by atoms with Gasteiger partial charge < -0.3 is 14.6 Å². The molecular formula is C18H20O4. The highest BCUT2D eigenvalue weighted by Crippen LogP contribution is 2.37. The molecule has 0 spiro atoms. The van der Waals surface area contributed by atoms with Crippen LogP contribution in [-0.2, 0) is 9.53 Å². The van der Waals surface area contributed by atoms with E-state index in [1.54, 1.807) is 20.1 Å². The Bertz CT molecular complexity index is 744. The van der Waals surface area contributed by atoms with Crippen molar-refractivity contribution in [2.75, 3.05) is 14.2 Å². The summed E-state index contributed by atoms with van der Waals surface area (Å²) in [6.45, 7) is 3.65. The number of fused-ring (bicyclic) bond motifs is 1. The van der Waals surface area contributed by atoms with Gasteiger partial charge in [0.15, 0.2) is 0 Å². The van der Waals surface area contributed by atoms with Crippen molar-refractivity contribution in [2.24, 2.45) is 0 Å². The number of hydrogen-bond donors (Lipinski definition) is 1. The van der Waals surface area contributed by atoms with Gasteiger partial charge in [-0.05, 0) is 42.5 Å². The molecule has 0 bridgehead atoms. The first-order valence-corrected chi connectivity index (χ1v) is 7.11. The molecule has 0 amide bonds. The Labute approximate surface area is 130 Å². The van der Waals surface area contributed by atoms with Gasteiger partial charge in [-0.25, -0.2) is 4.79 Å². The van der Waals surface area contributed by atoms with Crippen LogP contribution in [-0.4, -0.2) is 25.3 Å². The quantitative estimate of drug-likeness (QED) is 0.687. The first-order chi connectivity index (χ1) is 10.5. The van der Waals surface area contributed by atoms with E-state index in [1.165, 1.54) is 7.11 Å². The monoisotopic (exact) mass is 300 g/mol. The van der Waals surface area contributed by atoms with Crippen LogP contribution < -0.4 is 4.74 Å². The number of carbonyl (C=O) groups is 1. The van der Waals surface area contributed by atoms with Gasteiger partial charge in [0.1, 0.15) is 11.5 Å². The van der Waals surface area contributed by atoms with E-state index in [9.17, 15) is 9.90 Å². The molecule has 0 aliphatic rings. The number of phenols is 1. The van der Waals surface area contributed by atoms with Gasteiger partial charge in [-0.1, -0.05) is 19.1 Å². The number of allylic oxidation sites excluding steroid dienone is 1. The number of benzene rings is 2. The molecule has 0 aliphatic carbocycles. The molecule has 1 N–H and O–H groups in total. The van der Waals surface area contributed by atoms with Gasteiger partial charge in [-0.15, -0.1) is 0 Å². The summed E-state index contributed by atoms with van der Waals surface area (Å²) in [6.07, 6.45) is 0.621. The molecule has 116 valence electrons. The first kappa shape index (κ1) is 15.9. The summed E-state index contributed by atoms with van der Waals surface area (Å²) in [4.78, 5) is 11.8. The standard InChI is InChI=1S/C18H20O4/c1-5-14(11(2)18(20)22-4)16-8-6-12-10-13(21-3)7-9-15(12)17(16)19/h6-10,19H,5H2,1-4H3/b14-11+. The van der Waals surface area contributed by atoms with Crippen molar-refractivity contribution in [3.8, 4) is 11.5 Å². The van der Waals surface area contributed by atoms with Crippen molar-refractivity contribution < 1.29 is 19.4 Å². The molecule has 0 aliphatic heterocycles. The molecule has 2 aromatic carbocycles. The third kappa shape index (κ3) is 2.77. The number of aromatic hydroxyl groups is 1. The molecule has 2 aromatic rings. The Morgan fingerprint density at radius 3 is 2.50 bits per heavy atom. The van der Waals surface area contributed by atoms with E-state index in [4.69, 9.17) is 9.47 Å². The minimum Gasteiger partial charge on any atom is -0.507 e. The molecular weight excluding hydrogens is 280 g/mol. The van der Waals surface area contributed by atoms with E-state index >= 15 is 0 Å². The van der Waals surface area contributed by atoms with E-state index in [0.717, 1.165) is 22.1 Å². The lowest BCUT2D eigenvalue weighted by molar-refractivity contribution is -0.135. The minimum atomic E-state index is -0.383. The van der Waals surface area contributed by atoms with Crippen LogP contribution in [0.3, 0.4) is 0 Å². The lowest BCUT2D eigenvalue weighted by Gasteiger charge is -2.13. The van der Waals surface area contributed by atoms with E-state index in [2.05, 4.69) is 0 Å². The molecule has 0 aromatic heterocycles. The maximum absolute atomic E-state index is 11.8. The Hall–Kier alpha value is -2.49. The van der Waals surface area contributed by atoms with Gasteiger partial charge in [-0.3, -0.25) is 0 Å². The fraction of sp³-hybridized carbons (Fsp3) is 0.278. The van der Waals surface area contributed by atoms with E-state index in [1.807, 2.05) is 31.2 Å². The van der Waals surface area contributed by atoms with Gasteiger partial charge >= 0.3 is 5.97 Å². The number of hydrogen-bond acceptors (Lipinski definition) is 4. The van der Waals surface area contributed by atoms with Crippen molar-refractivity contribution in [1.82, 2.24) is 0 Å². The van der Waals surface area contributed by atoms with Gasteiger partial charge in [0, 0.05) is 16.5 Å². The highest BCUT2D eigenvalue weighted by molar-refractivity contribution is 6.00. The van der Waals surface area contributed by atoms with Crippen molar-refractivity contribution in [1.29, 1.82) is 0 Å². The number of rotatable bonds is 4. The molecule has 0 unspecified atom stereocenters. The average molecular weight is 300 g/mol. The number of esters is 1. The molecule has 4 nitrogen and oxygen atoms in total. The van der Waals surface area contributed by atoms with Crippen molar-refractivity contribution >= 4 is 22.3 Å². The second kappa shape index (κ2) is 6.52. The average Bonchev–Trinajstić information content (AvgIpc) is 2.56. The maximum Gasteiger partial charge on any atom is 0.333 e. The Balaban J connectivity index is 2.66.